The summed E-state index contributed by atoms with van der Waals surface area (Å²) in [6, 6.07) is -0.0157. The Morgan fingerprint density at radius 2 is 2.05 bits per heavy atom. The molecule has 0 aromatic heterocycles. The predicted octanol–water partition coefficient (Wildman–Crippen LogP) is 1.85. The second-order valence-corrected chi connectivity index (χ2v) is 14.2. The Bertz CT molecular complexity index is 493. The lowest BCUT2D eigenvalue weighted by Gasteiger charge is -2.32. The summed E-state index contributed by atoms with van der Waals surface area (Å²) in [6.07, 6.45) is 2.30. The highest BCUT2D eigenvalue weighted by Gasteiger charge is 2.37. The fourth-order valence-corrected chi connectivity index (χ4v) is 6.72. The molecule has 1 aliphatic rings. The second-order valence-electron chi connectivity index (χ2n) is 6.50. The summed E-state index contributed by atoms with van der Waals surface area (Å²) in [5.74, 6) is -0.367. The van der Waals surface area contributed by atoms with Crippen molar-refractivity contribution in [1.29, 1.82) is 0 Å². The molecule has 0 amide bonds. The molecule has 0 aromatic carbocycles. The summed E-state index contributed by atoms with van der Waals surface area (Å²) >= 11 is 0. The second kappa shape index (κ2) is 6.40. The van der Waals surface area contributed by atoms with Crippen LogP contribution in [0.15, 0.2) is 11.6 Å². The zero-order valence-corrected chi connectivity index (χ0v) is 14.8. The SMILES string of the molecule is COC(=O)[C@@H]1CC=C(C)CN1S(=O)(=O)CC[Si](C)(C)C. The number of esters is 1. The van der Waals surface area contributed by atoms with E-state index < -0.39 is 30.1 Å². The Morgan fingerprint density at radius 3 is 2.55 bits per heavy atom. The van der Waals surface area contributed by atoms with E-state index in [2.05, 4.69) is 19.6 Å². The van der Waals surface area contributed by atoms with Crippen molar-refractivity contribution < 1.29 is 17.9 Å². The van der Waals surface area contributed by atoms with Gasteiger partial charge in [0.25, 0.3) is 0 Å². The lowest BCUT2D eigenvalue weighted by atomic mass is 10.1. The normalized spacial score (nSPS) is 21.4. The Morgan fingerprint density at radius 1 is 1.45 bits per heavy atom. The van der Waals surface area contributed by atoms with Gasteiger partial charge in [-0.2, -0.15) is 4.31 Å². The van der Waals surface area contributed by atoms with Gasteiger partial charge in [0.05, 0.1) is 12.9 Å². The number of hydrogen-bond donors (Lipinski definition) is 0. The average molecular weight is 319 g/mol. The predicted molar refractivity (Wildman–Crippen MR) is 82.8 cm³/mol. The molecule has 0 bridgehead atoms. The van der Waals surface area contributed by atoms with Crippen molar-refractivity contribution in [1.82, 2.24) is 4.31 Å². The highest BCUT2D eigenvalue weighted by molar-refractivity contribution is 7.89. The van der Waals surface area contributed by atoms with Crippen molar-refractivity contribution in [2.45, 2.75) is 45.1 Å². The van der Waals surface area contributed by atoms with E-state index >= 15 is 0 Å². The molecule has 0 fully saturated rings. The van der Waals surface area contributed by atoms with Crippen LogP contribution in [-0.4, -0.2) is 52.2 Å². The van der Waals surface area contributed by atoms with E-state index in [1.165, 1.54) is 11.4 Å². The average Bonchev–Trinajstić information content (AvgIpc) is 2.35. The first-order valence-corrected chi connectivity index (χ1v) is 12.1. The number of sulfonamides is 1. The molecule has 0 N–H and O–H groups in total. The minimum Gasteiger partial charge on any atom is -0.468 e. The summed E-state index contributed by atoms with van der Waals surface area (Å²) in [5, 5.41) is 0. The molecule has 0 unspecified atom stereocenters. The summed E-state index contributed by atoms with van der Waals surface area (Å²) in [5.41, 5.74) is 0.974. The summed E-state index contributed by atoms with van der Waals surface area (Å²) in [4.78, 5) is 11.8. The lowest BCUT2D eigenvalue weighted by Crippen LogP contribution is -2.49. The lowest BCUT2D eigenvalue weighted by molar-refractivity contribution is -0.145. The maximum absolute atomic E-state index is 12.5. The van der Waals surface area contributed by atoms with Gasteiger partial charge in [0.15, 0.2) is 0 Å². The molecule has 116 valence electrons. The summed E-state index contributed by atoms with van der Waals surface area (Å²) in [6.45, 7) is 8.59. The van der Waals surface area contributed by atoms with Crippen molar-refractivity contribution in [3.8, 4) is 0 Å². The van der Waals surface area contributed by atoms with Gasteiger partial charge in [-0.25, -0.2) is 8.42 Å². The van der Waals surface area contributed by atoms with Crippen molar-refractivity contribution >= 4 is 24.1 Å². The molecule has 1 aliphatic heterocycles. The topological polar surface area (TPSA) is 63.7 Å². The van der Waals surface area contributed by atoms with Gasteiger partial charge in [-0.15, -0.1) is 0 Å². The van der Waals surface area contributed by atoms with E-state index in [1.807, 2.05) is 13.0 Å². The van der Waals surface area contributed by atoms with Crippen LogP contribution in [0.5, 0.6) is 0 Å². The smallest absolute Gasteiger partial charge is 0.324 e. The van der Waals surface area contributed by atoms with Crippen LogP contribution in [0.2, 0.25) is 25.7 Å². The molecule has 1 heterocycles. The molecular formula is C13H25NO4SSi. The van der Waals surface area contributed by atoms with Crippen LogP contribution in [0, 0.1) is 0 Å². The highest BCUT2D eigenvalue weighted by atomic mass is 32.2. The molecular weight excluding hydrogens is 294 g/mol. The Labute approximate surface area is 123 Å². The molecule has 0 aromatic rings. The van der Waals surface area contributed by atoms with Crippen molar-refractivity contribution in [2.75, 3.05) is 19.4 Å². The van der Waals surface area contributed by atoms with Gasteiger partial charge in [-0.3, -0.25) is 4.79 Å². The quantitative estimate of drug-likeness (QED) is 0.441. The monoisotopic (exact) mass is 319 g/mol. The molecule has 0 aliphatic carbocycles. The van der Waals surface area contributed by atoms with Crippen LogP contribution in [0.25, 0.3) is 0 Å². The van der Waals surface area contributed by atoms with Crippen LogP contribution in [0.3, 0.4) is 0 Å². The van der Waals surface area contributed by atoms with E-state index in [0.717, 1.165) is 5.57 Å². The number of nitrogens with zero attached hydrogens (tertiary/aromatic N) is 1. The first-order chi connectivity index (χ1) is 9.07. The van der Waals surface area contributed by atoms with Crippen LogP contribution in [0.4, 0.5) is 0 Å². The largest absolute Gasteiger partial charge is 0.468 e. The maximum atomic E-state index is 12.5. The van der Waals surface area contributed by atoms with Crippen LogP contribution >= 0.6 is 0 Å². The number of methoxy groups -OCH3 is 1. The highest BCUT2D eigenvalue weighted by Crippen LogP contribution is 2.23. The Hall–Kier alpha value is -0.663. The molecule has 0 radical (unpaired) electrons. The van der Waals surface area contributed by atoms with E-state index in [4.69, 9.17) is 4.74 Å². The van der Waals surface area contributed by atoms with E-state index in [9.17, 15) is 13.2 Å². The number of rotatable bonds is 5. The standard InChI is InChI=1S/C13H25NO4SSi/c1-11-6-7-12(13(15)18-2)14(10-11)19(16,17)8-9-20(3,4)5/h6,12H,7-10H2,1-5H3/t12-/m0/s1. The van der Waals surface area contributed by atoms with Gasteiger partial charge >= 0.3 is 5.97 Å². The molecule has 20 heavy (non-hydrogen) atoms. The van der Waals surface area contributed by atoms with Gasteiger partial charge in [-0.05, 0) is 19.4 Å². The van der Waals surface area contributed by atoms with E-state index in [0.29, 0.717) is 12.5 Å². The summed E-state index contributed by atoms with van der Waals surface area (Å²) < 4.78 is 31.1. The maximum Gasteiger partial charge on any atom is 0.324 e. The molecule has 0 saturated carbocycles. The molecule has 5 nitrogen and oxygen atoms in total. The molecule has 7 heteroatoms. The van der Waals surface area contributed by atoms with Gasteiger partial charge in [0.2, 0.25) is 10.0 Å². The first-order valence-electron chi connectivity index (χ1n) is 6.80. The van der Waals surface area contributed by atoms with Gasteiger partial charge in [0, 0.05) is 14.6 Å². The minimum atomic E-state index is -3.43. The third-order valence-corrected chi connectivity index (χ3v) is 7.31. The van der Waals surface area contributed by atoms with Gasteiger partial charge < -0.3 is 4.74 Å². The fraction of sp³-hybridized carbons (Fsp3) is 0.769. The minimum absolute atomic E-state index is 0.115. The van der Waals surface area contributed by atoms with Crippen LogP contribution in [0.1, 0.15) is 13.3 Å². The molecule has 1 rings (SSSR count). The van der Waals surface area contributed by atoms with E-state index in [-0.39, 0.29) is 12.3 Å². The number of ether oxygens (including phenoxy) is 1. The zero-order chi connectivity index (χ0) is 15.6. The molecule has 0 saturated heterocycles. The number of carbonyl (C=O) groups is 1. The zero-order valence-electron chi connectivity index (χ0n) is 13.0. The molecule has 0 spiro atoms. The van der Waals surface area contributed by atoms with Crippen molar-refractivity contribution in [2.24, 2.45) is 0 Å². The Kier molecular flexibility index (Phi) is 5.57. The summed E-state index contributed by atoms with van der Waals surface area (Å²) in [7, 11) is -3.58. The van der Waals surface area contributed by atoms with Gasteiger partial charge in [-0.1, -0.05) is 31.3 Å². The number of carbonyl (C=O) groups excluding carboxylic acids is 1. The van der Waals surface area contributed by atoms with E-state index in [1.54, 1.807) is 0 Å². The third-order valence-electron chi connectivity index (χ3n) is 3.38. The fourth-order valence-electron chi connectivity index (χ4n) is 2.05. The van der Waals surface area contributed by atoms with Crippen molar-refractivity contribution in [3.05, 3.63) is 11.6 Å². The van der Waals surface area contributed by atoms with Crippen molar-refractivity contribution in [3.63, 3.8) is 0 Å². The van der Waals surface area contributed by atoms with Gasteiger partial charge in [0.1, 0.15) is 6.04 Å². The first kappa shape index (κ1) is 17.4. The number of hydrogen-bond acceptors (Lipinski definition) is 4. The van der Waals surface area contributed by atoms with Crippen LogP contribution in [-0.2, 0) is 19.6 Å². The third kappa shape index (κ3) is 4.71. The molecule has 1 atom stereocenters. The Balaban J connectivity index is 2.94. The van der Waals surface area contributed by atoms with Crippen LogP contribution < -0.4 is 0 Å².